The molecule has 0 fully saturated rings. The number of para-hydroxylation sites is 2. The number of benzene rings is 3. The van der Waals surface area contributed by atoms with Gasteiger partial charge in [-0.2, -0.15) is 0 Å². The third-order valence-corrected chi connectivity index (χ3v) is 8.17. The molecule has 0 saturated carbocycles. The number of hydrogen-bond donors (Lipinski definition) is 1. The molecule has 1 atom stereocenters. The summed E-state index contributed by atoms with van der Waals surface area (Å²) in [6.07, 6.45) is 0.272. The van der Waals surface area contributed by atoms with E-state index < -0.39 is 39.9 Å². The predicted molar refractivity (Wildman–Crippen MR) is 158 cm³/mol. The lowest BCUT2D eigenvalue weighted by Crippen LogP contribution is -2.55. The number of anilines is 1. The van der Waals surface area contributed by atoms with Crippen LogP contribution in [-0.2, 0) is 26.2 Å². The van der Waals surface area contributed by atoms with Gasteiger partial charge in [-0.25, -0.2) is 12.8 Å². The summed E-state index contributed by atoms with van der Waals surface area (Å²) in [5, 5.41) is 2.92. The first-order valence-corrected chi connectivity index (χ1v) is 14.8. The number of hydrogen-bond acceptors (Lipinski definition) is 5. The van der Waals surface area contributed by atoms with Crippen LogP contribution in [0, 0.1) is 12.7 Å². The average molecular weight is 584 g/mol. The Hall–Kier alpha value is -3.92. The highest BCUT2D eigenvalue weighted by molar-refractivity contribution is 7.92. The van der Waals surface area contributed by atoms with Crippen LogP contribution in [0.3, 0.4) is 0 Å². The number of carbonyl (C=O) groups is 2. The van der Waals surface area contributed by atoms with Crippen LogP contribution in [0.15, 0.2) is 77.7 Å². The standard InChI is InChI=1S/C31H38FN3O5S/c1-7-26(30(37)33-31(3,4)5)34(20-23-14-16-24(32)17-15-23)29(36)21-35(27-10-8-9-11-28(27)40-6)41(38,39)25-18-12-22(2)13-19-25/h8-19,26H,7,20-21H2,1-6H3,(H,33,37)/t26-/m1/s1. The molecule has 0 aliphatic heterocycles. The first-order valence-electron chi connectivity index (χ1n) is 13.3. The van der Waals surface area contributed by atoms with E-state index in [1.807, 2.05) is 27.7 Å². The SMILES string of the molecule is CC[C@H](C(=O)NC(C)(C)C)N(Cc1ccc(F)cc1)C(=O)CN(c1ccccc1OC)S(=O)(=O)c1ccc(C)cc1. The van der Waals surface area contributed by atoms with Crippen molar-refractivity contribution in [3.05, 3.63) is 89.7 Å². The Morgan fingerprint density at radius 2 is 1.59 bits per heavy atom. The molecular formula is C31H38FN3O5S. The summed E-state index contributed by atoms with van der Waals surface area (Å²) < 4.78 is 48.1. The molecule has 0 aromatic heterocycles. The second-order valence-electron chi connectivity index (χ2n) is 10.8. The van der Waals surface area contributed by atoms with Gasteiger partial charge in [0.2, 0.25) is 11.8 Å². The third kappa shape index (κ3) is 8.07. The van der Waals surface area contributed by atoms with Gasteiger partial charge >= 0.3 is 0 Å². The molecule has 0 saturated heterocycles. The van der Waals surface area contributed by atoms with Crippen molar-refractivity contribution in [3.8, 4) is 5.75 Å². The first-order chi connectivity index (χ1) is 19.3. The highest BCUT2D eigenvalue weighted by Crippen LogP contribution is 2.32. The van der Waals surface area contributed by atoms with E-state index in [1.165, 1.54) is 48.4 Å². The molecule has 3 rings (SSSR count). The lowest BCUT2D eigenvalue weighted by atomic mass is 10.1. The zero-order valence-corrected chi connectivity index (χ0v) is 25.2. The Balaban J connectivity index is 2.10. The van der Waals surface area contributed by atoms with Crippen molar-refractivity contribution in [1.82, 2.24) is 10.2 Å². The van der Waals surface area contributed by atoms with Crippen molar-refractivity contribution < 1.29 is 27.1 Å². The minimum absolute atomic E-state index is 0.00408. The minimum atomic E-state index is -4.24. The molecule has 2 amide bonds. The van der Waals surface area contributed by atoms with Gasteiger partial charge in [0.1, 0.15) is 24.2 Å². The molecule has 0 unspecified atom stereocenters. The number of amides is 2. The van der Waals surface area contributed by atoms with E-state index in [9.17, 15) is 22.4 Å². The van der Waals surface area contributed by atoms with Crippen LogP contribution in [0.4, 0.5) is 10.1 Å². The molecule has 0 heterocycles. The zero-order valence-electron chi connectivity index (χ0n) is 24.3. The van der Waals surface area contributed by atoms with Gasteiger partial charge in [0.25, 0.3) is 10.0 Å². The Bertz CT molecular complexity index is 1450. The Kier molecular flexibility index (Phi) is 10.1. The summed E-state index contributed by atoms with van der Waals surface area (Å²) in [5.74, 6) is -1.15. The van der Waals surface area contributed by atoms with Crippen molar-refractivity contribution >= 4 is 27.5 Å². The second-order valence-corrected chi connectivity index (χ2v) is 12.7. The van der Waals surface area contributed by atoms with E-state index >= 15 is 0 Å². The van der Waals surface area contributed by atoms with Gasteiger partial charge in [-0.15, -0.1) is 0 Å². The van der Waals surface area contributed by atoms with Gasteiger partial charge in [0, 0.05) is 12.1 Å². The Morgan fingerprint density at radius 3 is 2.15 bits per heavy atom. The molecule has 220 valence electrons. The van der Waals surface area contributed by atoms with E-state index in [0.717, 1.165) is 9.87 Å². The summed E-state index contributed by atoms with van der Waals surface area (Å²) in [5.41, 5.74) is 1.09. The summed E-state index contributed by atoms with van der Waals surface area (Å²) in [6.45, 7) is 8.50. The van der Waals surface area contributed by atoms with Crippen LogP contribution in [0.25, 0.3) is 0 Å². The molecule has 0 radical (unpaired) electrons. The number of sulfonamides is 1. The van der Waals surface area contributed by atoms with Crippen LogP contribution in [0.5, 0.6) is 5.75 Å². The average Bonchev–Trinajstić information content (AvgIpc) is 2.91. The van der Waals surface area contributed by atoms with Crippen LogP contribution in [-0.4, -0.2) is 50.4 Å². The molecule has 10 heteroatoms. The zero-order chi connectivity index (χ0) is 30.4. The van der Waals surface area contributed by atoms with Crippen LogP contribution < -0.4 is 14.4 Å². The van der Waals surface area contributed by atoms with E-state index in [4.69, 9.17) is 4.74 Å². The molecule has 0 spiro atoms. The number of methoxy groups -OCH3 is 1. The lowest BCUT2D eigenvalue weighted by molar-refractivity contribution is -0.141. The maximum absolute atomic E-state index is 14.1. The monoisotopic (exact) mass is 583 g/mol. The smallest absolute Gasteiger partial charge is 0.264 e. The predicted octanol–water partition coefficient (Wildman–Crippen LogP) is 5.06. The third-order valence-electron chi connectivity index (χ3n) is 6.39. The van der Waals surface area contributed by atoms with Crippen molar-refractivity contribution in [1.29, 1.82) is 0 Å². The fraction of sp³-hybridized carbons (Fsp3) is 0.355. The van der Waals surface area contributed by atoms with Gasteiger partial charge in [0.05, 0.1) is 17.7 Å². The maximum Gasteiger partial charge on any atom is 0.264 e. The number of rotatable bonds is 11. The van der Waals surface area contributed by atoms with Crippen molar-refractivity contribution in [2.24, 2.45) is 0 Å². The number of carbonyl (C=O) groups excluding carboxylic acids is 2. The highest BCUT2D eigenvalue weighted by Gasteiger charge is 2.35. The summed E-state index contributed by atoms with van der Waals surface area (Å²) in [7, 11) is -2.82. The van der Waals surface area contributed by atoms with Crippen LogP contribution in [0.1, 0.15) is 45.2 Å². The first kappa shape index (κ1) is 31.6. The summed E-state index contributed by atoms with van der Waals surface area (Å²) >= 11 is 0. The van der Waals surface area contributed by atoms with Gasteiger partial charge in [-0.1, -0.05) is 48.9 Å². The molecule has 3 aromatic carbocycles. The molecule has 0 aliphatic rings. The lowest BCUT2D eigenvalue weighted by Gasteiger charge is -2.35. The maximum atomic E-state index is 14.1. The van der Waals surface area contributed by atoms with Gasteiger partial charge < -0.3 is 15.0 Å². The molecule has 8 nitrogen and oxygen atoms in total. The van der Waals surface area contributed by atoms with Gasteiger partial charge in [-0.05, 0) is 76.1 Å². The quantitative estimate of drug-likeness (QED) is 0.341. The number of nitrogens with one attached hydrogen (secondary N) is 1. The van der Waals surface area contributed by atoms with Crippen molar-refractivity contribution in [3.63, 3.8) is 0 Å². The van der Waals surface area contributed by atoms with Gasteiger partial charge in [-0.3, -0.25) is 13.9 Å². The summed E-state index contributed by atoms with van der Waals surface area (Å²) in [4.78, 5) is 28.8. The topological polar surface area (TPSA) is 96.0 Å². The molecular weight excluding hydrogens is 545 g/mol. The largest absolute Gasteiger partial charge is 0.495 e. The fourth-order valence-corrected chi connectivity index (χ4v) is 5.77. The van der Waals surface area contributed by atoms with E-state index in [1.54, 1.807) is 43.3 Å². The minimum Gasteiger partial charge on any atom is -0.495 e. The number of nitrogens with zero attached hydrogens (tertiary/aromatic N) is 2. The molecule has 0 aliphatic carbocycles. The van der Waals surface area contributed by atoms with Crippen molar-refractivity contribution in [2.45, 2.75) is 64.1 Å². The van der Waals surface area contributed by atoms with Crippen LogP contribution in [0.2, 0.25) is 0 Å². The normalized spacial score (nSPS) is 12.4. The highest BCUT2D eigenvalue weighted by atomic mass is 32.2. The van der Waals surface area contributed by atoms with E-state index in [0.29, 0.717) is 5.56 Å². The fourth-order valence-electron chi connectivity index (χ4n) is 4.35. The van der Waals surface area contributed by atoms with E-state index in [-0.39, 0.29) is 35.2 Å². The Labute approximate surface area is 242 Å². The van der Waals surface area contributed by atoms with Crippen LogP contribution >= 0.6 is 0 Å². The second kappa shape index (κ2) is 13.2. The number of aryl methyl sites for hydroxylation is 1. The molecule has 3 aromatic rings. The van der Waals surface area contributed by atoms with Gasteiger partial charge in [0.15, 0.2) is 0 Å². The van der Waals surface area contributed by atoms with Crippen molar-refractivity contribution in [2.75, 3.05) is 18.0 Å². The summed E-state index contributed by atoms with van der Waals surface area (Å²) in [6, 6.07) is 17.6. The number of ether oxygens (including phenoxy) is 1. The molecule has 0 bridgehead atoms. The molecule has 1 N–H and O–H groups in total. The number of halogens is 1. The molecule has 41 heavy (non-hydrogen) atoms. The van der Waals surface area contributed by atoms with E-state index in [2.05, 4.69) is 5.32 Å². The Morgan fingerprint density at radius 1 is 0.976 bits per heavy atom.